The van der Waals surface area contributed by atoms with E-state index >= 15 is 0 Å². The van der Waals surface area contributed by atoms with Crippen molar-refractivity contribution in [2.45, 2.75) is 13.5 Å². The zero-order chi connectivity index (χ0) is 12.5. The largest absolute Gasteiger partial charge is 0.447 e. The number of aromatic nitrogens is 1. The topological polar surface area (TPSA) is 98.3 Å². The number of hydrogen-bond donors (Lipinski definition) is 3. The Morgan fingerprint density at radius 1 is 1.59 bits per heavy atom. The molecule has 0 amide bonds. The predicted molar refractivity (Wildman–Crippen MR) is 63.1 cm³/mol. The third-order valence-corrected chi connectivity index (χ3v) is 2.12. The molecule has 0 saturated carbocycles. The number of nitrogens with zero attached hydrogens (tertiary/aromatic N) is 3. The highest BCUT2D eigenvalue weighted by Crippen LogP contribution is 2.03. The van der Waals surface area contributed by atoms with Crippen molar-refractivity contribution in [3.8, 4) is 6.19 Å². The summed E-state index contributed by atoms with van der Waals surface area (Å²) in [5.41, 5.74) is 0.896. The molecule has 7 nitrogen and oxygen atoms in total. The van der Waals surface area contributed by atoms with Gasteiger partial charge in [0.2, 0.25) is 5.96 Å². The SMILES string of the molecule is CN=C(NC#N)NCCNCc1ocnc1C. The third kappa shape index (κ3) is 4.53. The normalized spacial score (nSPS) is 11.0. The molecule has 7 heteroatoms. The standard InChI is InChI=1S/C10H16N6O/c1-8-9(17-7-16-8)5-13-3-4-14-10(12-2)15-6-11/h7,13H,3-5H2,1-2H3,(H2,12,14,15). The minimum absolute atomic E-state index is 0.463. The van der Waals surface area contributed by atoms with Gasteiger partial charge in [0, 0.05) is 20.1 Å². The number of aryl methyl sites for hydroxylation is 1. The van der Waals surface area contributed by atoms with Crippen molar-refractivity contribution in [3.63, 3.8) is 0 Å². The maximum absolute atomic E-state index is 8.41. The first-order chi connectivity index (χ1) is 8.27. The van der Waals surface area contributed by atoms with E-state index in [1.807, 2.05) is 6.92 Å². The van der Waals surface area contributed by atoms with E-state index in [1.54, 1.807) is 13.2 Å². The Morgan fingerprint density at radius 3 is 3.00 bits per heavy atom. The lowest BCUT2D eigenvalue weighted by molar-refractivity contribution is 0.477. The lowest BCUT2D eigenvalue weighted by atomic mass is 10.3. The smallest absolute Gasteiger partial charge is 0.204 e. The van der Waals surface area contributed by atoms with Gasteiger partial charge in [-0.2, -0.15) is 5.26 Å². The van der Waals surface area contributed by atoms with E-state index in [0.29, 0.717) is 19.0 Å². The van der Waals surface area contributed by atoms with E-state index in [-0.39, 0.29) is 0 Å². The van der Waals surface area contributed by atoms with E-state index in [9.17, 15) is 0 Å². The predicted octanol–water partition coefficient (Wildman–Crippen LogP) is -0.281. The Kier molecular flexibility index (Phi) is 5.54. The fraction of sp³-hybridized carbons (Fsp3) is 0.500. The van der Waals surface area contributed by atoms with Crippen molar-refractivity contribution in [2.24, 2.45) is 4.99 Å². The second kappa shape index (κ2) is 7.24. The average molecular weight is 236 g/mol. The van der Waals surface area contributed by atoms with E-state index in [1.165, 1.54) is 6.39 Å². The second-order valence-electron chi connectivity index (χ2n) is 3.27. The summed E-state index contributed by atoms with van der Waals surface area (Å²) in [4.78, 5) is 7.85. The third-order valence-electron chi connectivity index (χ3n) is 2.12. The first kappa shape index (κ1) is 13.0. The van der Waals surface area contributed by atoms with E-state index < -0.39 is 0 Å². The molecule has 1 aromatic rings. The van der Waals surface area contributed by atoms with Crippen molar-refractivity contribution in [1.29, 1.82) is 5.26 Å². The summed E-state index contributed by atoms with van der Waals surface area (Å²) < 4.78 is 5.18. The Morgan fingerprint density at radius 2 is 2.41 bits per heavy atom. The van der Waals surface area contributed by atoms with Gasteiger partial charge < -0.3 is 15.1 Å². The average Bonchev–Trinajstić information content (AvgIpc) is 2.73. The van der Waals surface area contributed by atoms with Gasteiger partial charge >= 0.3 is 0 Å². The van der Waals surface area contributed by atoms with Crippen molar-refractivity contribution in [3.05, 3.63) is 17.8 Å². The van der Waals surface area contributed by atoms with Gasteiger partial charge in [-0.05, 0) is 6.92 Å². The summed E-state index contributed by atoms with van der Waals surface area (Å²) in [6.07, 6.45) is 3.24. The summed E-state index contributed by atoms with van der Waals surface area (Å²) >= 11 is 0. The van der Waals surface area contributed by atoms with E-state index in [0.717, 1.165) is 18.0 Å². The number of oxazole rings is 1. The van der Waals surface area contributed by atoms with Crippen LogP contribution in [0.4, 0.5) is 0 Å². The minimum Gasteiger partial charge on any atom is -0.447 e. The van der Waals surface area contributed by atoms with Gasteiger partial charge in [0.1, 0.15) is 5.76 Å². The lowest BCUT2D eigenvalue weighted by Gasteiger charge is -2.07. The Labute approximate surface area is 99.9 Å². The Hall–Kier alpha value is -2.07. The Balaban J connectivity index is 2.13. The van der Waals surface area contributed by atoms with Crippen LogP contribution < -0.4 is 16.0 Å². The molecule has 0 saturated heterocycles. The van der Waals surface area contributed by atoms with Crippen LogP contribution in [0.15, 0.2) is 15.8 Å². The van der Waals surface area contributed by atoms with Crippen molar-refractivity contribution < 1.29 is 4.42 Å². The molecule has 0 radical (unpaired) electrons. The first-order valence-corrected chi connectivity index (χ1v) is 5.23. The summed E-state index contributed by atoms with van der Waals surface area (Å²) in [5.74, 6) is 1.30. The van der Waals surface area contributed by atoms with Gasteiger partial charge in [-0.3, -0.25) is 10.3 Å². The van der Waals surface area contributed by atoms with Crippen LogP contribution in [-0.2, 0) is 6.54 Å². The number of nitriles is 1. The van der Waals surface area contributed by atoms with Crippen LogP contribution in [0.1, 0.15) is 11.5 Å². The quantitative estimate of drug-likeness (QED) is 0.214. The van der Waals surface area contributed by atoms with Crippen LogP contribution in [0.2, 0.25) is 0 Å². The van der Waals surface area contributed by atoms with Crippen LogP contribution in [0.25, 0.3) is 0 Å². The number of nitrogens with one attached hydrogen (secondary N) is 3. The molecule has 1 aromatic heterocycles. The number of aliphatic imine (C=N–C) groups is 1. The molecule has 0 aliphatic carbocycles. The Bertz CT molecular complexity index is 405. The summed E-state index contributed by atoms with van der Waals surface area (Å²) in [7, 11) is 1.61. The summed E-state index contributed by atoms with van der Waals surface area (Å²) in [5, 5.41) is 17.0. The number of guanidine groups is 1. The molecular formula is C10H16N6O. The molecule has 0 aliphatic rings. The summed E-state index contributed by atoms with van der Waals surface area (Å²) in [6, 6.07) is 0. The maximum Gasteiger partial charge on any atom is 0.204 e. The number of rotatable bonds is 5. The summed E-state index contributed by atoms with van der Waals surface area (Å²) in [6.45, 7) is 3.93. The van der Waals surface area contributed by atoms with E-state index in [2.05, 4.69) is 25.9 Å². The maximum atomic E-state index is 8.41. The molecule has 92 valence electrons. The molecule has 0 aliphatic heterocycles. The zero-order valence-corrected chi connectivity index (χ0v) is 9.95. The highest BCUT2D eigenvalue weighted by molar-refractivity contribution is 5.80. The van der Waals surface area contributed by atoms with Crippen LogP contribution in [0.3, 0.4) is 0 Å². The molecule has 3 N–H and O–H groups in total. The van der Waals surface area contributed by atoms with Crippen LogP contribution in [0, 0.1) is 18.4 Å². The first-order valence-electron chi connectivity index (χ1n) is 5.23. The van der Waals surface area contributed by atoms with Gasteiger partial charge in [0.15, 0.2) is 12.6 Å². The molecule has 0 unspecified atom stereocenters. The lowest BCUT2D eigenvalue weighted by Crippen LogP contribution is -2.38. The molecule has 17 heavy (non-hydrogen) atoms. The van der Waals surface area contributed by atoms with Crippen LogP contribution in [0.5, 0.6) is 0 Å². The molecule has 0 spiro atoms. The molecule has 0 bridgehead atoms. The van der Waals surface area contributed by atoms with Crippen LogP contribution in [-0.4, -0.2) is 31.1 Å². The highest BCUT2D eigenvalue weighted by atomic mass is 16.3. The van der Waals surface area contributed by atoms with Gasteiger partial charge in [-0.25, -0.2) is 4.98 Å². The van der Waals surface area contributed by atoms with Crippen molar-refractivity contribution in [1.82, 2.24) is 20.9 Å². The number of hydrogen-bond acceptors (Lipinski definition) is 5. The monoisotopic (exact) mass is 236 g/mol. The molecule has 0 aromatic carbocycles. The van der Waals surface area contributed by atoms with E-state index in [4.69, 9.17) is 9.68 Å². The molecule has 1 rings (SSSR count). The van der Waals surface area contributed by atoms with Crippen molar-refractivity contribution in [2.75, 3.05) is 20.1 Å². The fourth-order valence-electron chi connectivity index (χ4n) is 1.20. The zero-order valence-electron chi connectivity index (χ0n) is 9.95. The van der Waals surface area contributed by atoms with Crippen LogP contribution >= 0.6 is 0 Å². The molecular weight excluding hydrogens is 220 g/mol. The highest BCUT2D eigenvalue weighted by Gasteiger charge is 2.01. The molecule has 0 atom stereocenters. The van der Waals surface area contributed by atoms with Gasteiger partial charge in [-0.1, -0.05) is 0 Å². The fourth-order valence-corrected chi connectivity index (χ4v) is 1.20. The van der Waals surface area contributed by atoms with Gasteiger partial charge in [0.05, 0.1) is 12.2 Å². The van der Waals surface area contributed by atoms with Crippen molar-refractivity contribution >= 4 is 5.96 Å². The minimum atomic E-state index is 0.463. The van der Waals surface area contributed by atoms with Gasteiger partial charge in [-0.15, -0.1) is 0 Å². The molecule has 0 fully saturated rings. The second-order valence-corrected chi connectivity index (χ2v) is 3.27. The van der Waals surface area contributed by atoms with Gasteiger partial charge in [0.25, 0.3) is 0 Å². The molecule has 1 heterocycles.